The molecule has 8 heteroatoms. The number of anilines is 1. The quantitative estimate of drug-likeness (QED) is 0.539. The van der Waals surface area contributed by atoms with Crippen LogP contribution < -0.4 is 9.64 Å². The van der Waals surface area contributed by atoms with Crippen molar-refractivity contribution >= 4 is 17.4 Å². The third-order valence-corrected chi connectivity index (χ3v) is 7.03. The van der Waals surface area contributed by atoms with Crippen molar-refractivity contribution in [3.8, 4) is 5.75 Å². The van der Waals surface area contributed by atoms with E-state index in [9.17, 15) is 14.0 Å². The number of carbonyl (C=O) groups is 2. The standard InChI is InChI=1S/C27H35FN4O3/c1-21(33)23-5-8-26(25(28)19-23)31-15-17-32(18-16-31)27(34)20-30-13-11-29(12-14-30)10-9-22-3-6-24(35-2)7-4-22/h3-8,19H,9-18,20H2,1-2H3. The van der Waals surface area contributed by atoms with Crippen molar-refractivity contribution in [2.24, 2.45) is 0 Å². The number of rotatable bonds is 8. The summed E-state index contributed by atoms with van der Waals surface area (Å²) >= 11 is 0. The molecule has 4 rings (SSSR count). The first kappa shape index (κ1) is 25.1. The summed E-state index contributed by atoms with van der Waals surface area (Å²) in [6, 6.07) is 12.9. The van der Waals surface area contributed by atoms with Crippen LogP contribution in [0, 0.1) is 5.82 Å². The number of benzene rings is 2. The molecule has 2 aliphatic heterocycles. The van der Waals surface area contributed by atoms with Gasteiger partial charge in [0.05, 0.1) is 19.3 Å². The lowest BCUT2D eigenvalue weighted by Crippen LogP contribution is -2.54. The predicted molar refractivity (Wildman–Crippen MR) is 135 cm³/mol. The number of piperazine rings is 2. The Labute approximate surface area is 207 Å². The Hall–Kier alpha value is -2.97. The van der Waals surface area contributed by atoms with Crippen molar-refractivity contribution in [2.45, 2.75) is 13.3 Å². The number of methoxy groups -OCH3 is 1. The number of hydrogen-bond acceptors (Lipinski definition) is 6. The van der Waals surface area contributed by atoms with Gasteiger partial charge < -0.3 is 19.4 Å². The van der Waals surface area contributed by atoms with Gasteiger partial charge in [0.2, 0.25) is 5.91 Å². The minimum absolute atomic E-state index is 0.142. The maximum Gasteiger partial charge on any atom is 0.236 e. The molecule has 0 aliphatic carbocycles. The Kier molecular flexibility index (Phi) is 8.36. The SMILES string of the molecule is COc1ccc(CCN2CCN(CC(=O)N3CCN(c4ccc(C(C)=O)cc4F)CC3)CC2)cc1. The molecule has 35 heavy (non-hydrogen) atoms. The van der Waals surface area contributed by atoms with E-state index in [2.05, 4.69) is 21.9 Å². The second-order valence-corrected chi connectivity index (χ2v) is 9.31. The molecule has 2 aromatic rings. The van der Waals surface area contributed by atoms with E-state index in [4.69, 9.17) is 4.74 Å². The van der Waals surface area contributed by atoms with E-state index in [1.165, 1.54) is 18.6 Å². The second kappa shape index (κ2) is 11.6. The summed E-state index contributed by atoms with van der Waals surface area (Å²) in [7, 11) is 1.68. The molecule has 2 aromatic carbocycles. The van der Waals surface area contributed by atoms with E-state index < -0.39 is 0 Å². The summed E-state index contributed by atoms with van der Waals surface area (Å²) < 4.78 is 19.7. The highest BCUT2D eigenvalue weighted by Crippen LogP contribution is 2.22. The number of ketones is 1. The number of amides is 1. The summed E-state index contributed by atoms with van der Waals surface area (Å²) in [5, 5.41) is 0. The van der Waals surface area contributed by atoms with Crippen LogP contribution in [0.1, 0.15) is 22.8 Å². The van der Waals surface area contributed by atoms with Crippen molar-refractivity contribution in [2.75, 3.05) is 77.5 Å². The van der Waals surface area contributed by atoms with Gasteiger partial charge in [-0.15, -0.1) is 0 Å². The molecule has 0 bridgehead atoms. The first-order valence-electron chi connectivity index (χ1n) is 12.3. The Balaban J connectivity index is 1.17. The van der Waals surface area contributed by atoms with Crippen LogP contribution in [0.2, 0.25) is 0 Å². The van der Waals surface area contributed by atoms with E-state index in [1.54, 1.807) is 19.2 Å². The van der Waals surface area contributed by atoms with Gasteiger partial charge in [0.15, 0.2) is 5.78 Å². The Morgan fingerprint density at radius 2 is 1.54 bits per heavy atom. The lowest BCUT2D eigenvalue weighted by atomic mass is 10.1. The summed E-state index contributed by atoms with van der Waals surface area (Å²) in [6.07, 6.45) is 1.01. The van der Waals surface area contributed by atoms with Crippen molar-refractivity contribution in [1.29, 1.82) is 0 Å². The maximum absolute atomic E-state index is 14.5. The van der Waals surface area contributed by atoms with Crippen molar-refractivity contribution in [3.63, 3.8) is 0 Å². The molecule has 0 radical (unpaired) electrons. The van der Waals surface area contributed by atoms with Gasteiger partial charge in [-0.3, -0.25) is 14.5 Å². The van der Waals surface area contributed by atoms with E-state index in [0.717, 1.165) is 44.9 Å². The van der Waals surface area contributed by atoms with E-state index in [0.29, 0.717) is 44.0 Å². The number of ether oxygens (including phenoxy) is 1. The summed E-state index contributed by atoms with van der Waals surface area (Å²) in [5.41, 5.74) is 2.17. The highest BCUT2D eigenvalue weighted by atomic mass is 19.1. The number of nitrogens with zero attached hydrogens (tertiary/aromatic N) is 4. The van der Waals surface area contributed by atoms with Crippen LogP contribution >= 0.6 is 0 Å². The number of hydrogen-bond donors (Lipinski definition) is 0. The second-order valence-electron chi connectivity index (χ2n) is 9.31. The average Bonchev–Trinajstić information content (AvgIpc) is 2.88. The first-order chi connectivity index (χ1) is 16.9. The smallest absolute Gasteiger partial charge is 0.236 e. The number of halogens is 1. The fourth-order valence-electron chi connectivity index (χ4n) is 4.72. The molecule has 2 heterocycles. The molecule has 0 aromatic heterocycles. The molecule has 0 spiro atoms. The summed E-state index contributed by atoms with van der Waals surface area (Å²) in [5.74, 6) is 0.485. The van der Waals surface area contributed by atoms with Crippen LogP contribution in [-0.4, -0.2) is 98.9 Å². The maximum atomic E-state index is 14.5. The van der Waals surface area contributed by atoms with Gasteiger partial charge in [0.25, 0.3) is 0 Å². The van der Waals surface area contributed by atoms with Crippen LogP contribution in [0.25, 0.3) is 0 Å². The van der Waals surface area contributed by atoms with E-state index in [-0.39, 0.29) is 17.5 Å². The molecule has 0 N–H and O–H groups in total. The van der Waals surface area contributed by atoms with Crippen LogP contribution in [0.5, 0.6) is 5.75 Å². The zero-order valence-corrected chi connectivity index (χ0v) is 20.7. The molecule has 2 fully saturated rings. The van der Waals surface area contributed by atoms with Gasteiger partial charge in [-0.1, -0.05) is 12.1 Å². The van der Waals surface area contributed by atoms with Crippen molar-refractivity contribution < 1.29 is 18.7 Å². The highest BCUT2D eigenvalue weighted by Gasteiger charge is 2.26. The Morgan fingerprint density at radius 3 is 2.14 bits per heavy atom. The monoisotopic (exact) mass is 482 g/mol. The fraction of sp³-hybridized carbons (Fsp3) is 0.481. The Bertz CT molecular complexity index is 1010. The largest absolute Gasteiger partial charge is 0.497 e. The Morgan fingerprint density at radius 1 is 0.886 bits per heavy atom. The third kappa shape index (κ3) is 6.58. The zero-order valence-electron chi connectivity index (χ0n) is 20.7. The molecule has 0 unspecified atom stereocenters. The van der Waals surface area contributed by atoms with Gasteiger partial charge in [-0.05, 0) is 49.2 Å². The molecule has 0 atom stereocenters. The van der Waals surface area contributed by atoms with Gasteiger partial charge in [-0.2, -0.15) is 0 Å². The van der Waals surface area contributed by atoms with Crippen LogP contribution in [0.4, 0.5) is 10.1 Å². The molecular formula is C27H35FN4O3. The van der Waals surface area contributed by atoms with Crippen molar-refractivity contribution in [1.82, 2.24) is 14.7 Å². The molecule has 7 nitrogen and oxygen atoms in total. The predicted octanol–water partition coefficient (Wildman–Crippen LogP) is 2.55. The lowest BCUT2D eigenvalue weighted by molar-refractivity contribution is -0.133. The number of Topliss-reactive ketones (excluding diaryl/α,β-unsaturated/α-hetero) is 1. The molecule has 0 saturated carbocycles. The molecule has 2 aliphatic rings. The lowest BCUT2D eigenvalue weighted by Gasteiger charge is -2.38. The van der Waals surface area contributed by atoms with Gasteiger partial charge in [-0.25, -0.2) is 4.39 Å². The normalized spacial score (nSPS) is 17.5. The zero-order chi connectivity index (χ0) is 24.8. The van der Waals surface area contributed by atoms with Gasteiger partial charge in [0.1, 0.15) is 11.6 Å². The third-order valence-electron chi connectivity index (χ3n) is 7.03. The summed E-state index contributed by atoms with van der Waals surface area (Å²) in [6.45, 7) is 8.92. The van der Waals surface area contributed by atoms with E-state index in [1.807, 2.05) is 21.9 Å². The average molecular weight is 483 g/mol. The minimum atomic E-state index is -0.387. The van der Waals surface area contributed by atoms with Crippen LogP contribution in [-0.2, 0) is 11.2 Å². The van der Waals surface area contributed by atoms with Gasteiger partial charge in [0, 0.05) is 64.5 Å². The summed E-state index contributed by atoms with van der Waals surface area (Å²) in [4.78, 5) is 32.9. The molecule has 2 saturated heterocycles. The number of carbonyl (C=O) groups excluding carboxylic acids is 2. The molecular weight excluding hydrogens is 447 g/mol. The molecule has 1 amide bonds. The first-order valence-corrected chi connectivity index (χ1v) is 12.3. The van der Waals surface area contributed by atoms with E-state index >= 15 is 0 Å². The van der Waals surface area contributed by atoms with Crippen LogP contribution in [0.3, 0.4) is 0 Å². The molecule has 188 valence electrons. The highest BCUT2D eigenvalue weighted by molar-refractivity contribution is 5.94. The van der Waals surface area contributed by atoms with Crippen LogP contribution in [0.15, 0.2) is 42.5 Å². The van der Waals surface area contributed by atoms with Gasteiger partial charge >= 0.3 is 0 Å². The minimum Gasteiger partial charge on any atom is -0.497 e. The fourth-order valence-corrected chi connectivity index (χ4v) is 4.72. The van der Waals surface area contributed by atoms with Crippen molar-refractivity contribution in [3.05, 3.63) is 59.4 Å². The topological polar surface area (TPSA) is 56.3 Å².